The van der Waals surface area contributed by atoms with E-state index in [0.717, 1.165) is 46.7 Å². The molecule has 0 bridgehead atoms. The lowest BCUT2D eigenvalue weighted by atomic mass is 9.99. The van der Waals surface area contributed by atoms with E-state index in [9.17, 15) is 4.79 Å². The Kier molecular flexibility index (Phi) is 6.44. The van der Waals surface area contributed by atoms with Crippen LogP contribution in [0.5, 0.6) is 11.5 Å². The Morgan fingerprint density at radius 2 is 1.82 bits per heavy atom. The molecule has 0 aliphatic carbocycles. The maximum Gasteiger partial charge on any atom is 0.234 e. The number of ether oxygens (including phenoxy) is 2. The molecule has 1 amide bonds. The molecule has 2 aromatic carbocycles. The predicted octanol–water partition coefficient (Wildman–Crippen LogP) is 4.22. The minimum Gasteiger partial charge on any atom is -0.486 e. The van der Waals surface area contributed by atoms with Crippen LogP contribution in [0.4, 0.5) is 5.69 Å². The van der Waals surface area contributed by atoms with Crippen molar-refractivity contribution in [2.24, 2.45) is 9.98 Å². The summed E-state index contributed by atoms with van der Waals surface area (Å²) in [5.74, 6) is 1.51. The second-order valence-corrected chi connectivity index (χ2v) is 10.2. The van der Waals surface area contributed by atoms with Crippen molar-refractivity contribution in [2.75, 3.05) is 44.4 Å². The van der Waals surface area contributed by atoms with Crippen LogP contribution < -0.4 is 14.8 Å². The van der Waals surface area contributed by atoms with Crippen LogP contribution in [0.1, 0.15) is 18.4 Å². The zero-order chi connectivity index (χ0) is 22.8. The van der Waals surface area contributed by atoms with Crippen molar-refractivity contribution in [3.8, 4) is 11.5 Å². The second kappa shape index (κ2) is 9.48. The van der Waals surface area contributed by atoms with E-state index in [4.69, 9.17) is 19.5 Å². The molecule has 1 spiro atoms. The quantitative estimate of drug-likeness (QED) is 0.643. The third-order valence-electron chi connectivity index (χ3n) is 5.90. The highest BCUT2D eigenvalue weighted by molar-refractivity contribution is 9.10. The van der Waals surface area contributed by atoms with Crippen molar-refractivity contribution in [3.63, 3.8) is 0 Å². The van der Waals surface area contributed by atoms with Gasteiger partial charge in [0, 0.05) is 47.7 Å². The average Bonchev–Trinajstić information content (AvgIpc) is 3.18. The molecule has 5 rings (SSSR count). The van der Waals surface area contributed by atoms with Gasteiger partial charge in [-0.3, -0.25) is 9.79 Å². The van der Waals surface area contributed by atoms with Gasteiger partial charge in [0.2, 0.25) is 5.91 Å². The minimum atomic E-state index is -0.413. The molecule has 3 aliphatic rings. The number of rotatable bonds is 4. The molecule has 0 saturated carbocycles. The molecule has 172 valence electrons. The molecular formula is C24H25BrN4O3S. The molecule has 0 radical (unpaired) electrons. The van der Waals surface area contributed by atoms with E-state index in [0.29, 0.717) is 30.4 Å². The number of fused-ring (bicyclic) bond motifs is 1. The van der Waals surface area contributed by atoms with Crippen LogP contribution in [0, 0.1) is 0 Å². The first-order valence-electron chi connectivity index (χ1n) is 11.0. The summed E-state index contributed by atoms with van der Waals surface area (Å²) >= 11 is 4.94. The first kappa shape index (κ1) is 22.4. The lowest BCUT2D eigenvalue weighted by Crippen LogP contribution is -2.39. The van der Waals surface area contributed by atoms with Gasteiger partial charge in [-0.15, -0.1) is 0 Å². The van der Waals surface area contributed by atoms with Gasteiger partial charge < -0.3 is 19.7 Å². The highest BCUT2D eigenvalue weighted by Gasteiger charge is 2.39. The number of thioether (sulfide) groups is 1. The van der Waals surface area contributed by atoms with E-state index >= 15 is 0 Å². The Morgan fingerprint density at radius 1 is 1.09 bits per heavy atom. The zero-order valence-electron chi connectivity index (χ0n) is 18.3. The largest absolute Gasteiger partial charge is 0.486 e. The van der Waals surface area contributed by atoms with Crippen LogP contribution in [0.3, 0.4) is 0 Å². The van der Waals surface area contributed by atoms with Gasteiger partial charge in [0.25, 0.3) is 0 Å². The van der Waals surface area contributed by atoms with Crippen molar-refractivity contribution in [2.45, 2.75) is 18.5 Å². The van der Waals surface area contributed by atoms with Crippen molar-refractivity contribution in [1.29, 1.82) is 0 Å². The lowest BCUT2D eigenvalue weighted by molar-refractivity contribution is -0.113. The van der Waals surface area contributed by atoms with E-state index in [1.807, 2.05) is 36.4 Å². The number of carbonyl (C=O) groups is 1. The smallest absolute Gasteiger partial charge is 0.234 e. The van der Waals surface area contributed by atoms with E-state index in [1.165, 1.54) is 11.8 Å². The average molecular weight is 529 g/mol. The van der Waals surface area contributed by atoms with Gasteiger partial charge in [0.15, 0.2) is 17.2 Å². The SMILES string of the molecule is CN1CCC2(CC1)N=C(SCC(=O)Nc1ccc3c(c1)OCCO3)C(c1ccc(Br)cc1)=N2. The molecule has 1 fully saturated rings. The fourth-order valence-electron chi connectivity index (χ4n) is 4.07. The molecule has 2 aromatic rings. The number of aliphatic imine (C=N–C) groups is 2. The Balaban J connectivity index is 1.29. The van der Waals surface area contributed by atoms with Crippen molar-refractivity contribution in [3.05, 3.63) is 52.5 Å². The molecule has 0 atom stereocenters. The predicted molar refractivity (Wildman–Crippen MR) is 136 cm³/mol. The highest BCUT2D eigenvalue weighted by atomic mass is 79.9. The number of likely N-dealkylation sites (tertiary alicyclic amines) is 1. The summed E-state index contributed by atoms with van der Waals surface area (Å²) in [5.41, 5.74) is 2.17. The molecule has 9 heteroatoms. The van der Waals surface area contributed by atoms with Crippen LogP contribution >= 0.6 is 27.7 Å². The van der Waals surface area contributed by atoms with Crippen LogP contribution in [0.15, 0.2) is 56.9 Å². The number of amides is 1. The molecule has 1 saturated heterocycles. The summed E-state index contributed by atoms with van der Waals surface area (Å²) < 4.78 is 12.2. The van der Waals surface area contributed by atoms with Crippen molar-refractivity contribution >= 4 is 50.0 Å². The Morgan fingerprint density at radius 3 is 2.58 bits per heavy atom. The third kappa shape index (κ3) is 5.10. The number of hydrogen-bond acceptors (Lipinski definition) is 7. The summed E-state index contributed by atoms with van der Waals surface area (Å²) in [4.78, 5) is 25.2. The highest BCUT2D eigenvalue weighted by Crippen LogP contribution is 2.36. The van der Waals surface area contributed by atoms with Gasteiger partial charge in [-0.1, -0.05) is 39.8 Å². The van der Waals surface area contributed by atoms with Crippen LogP contribution in [0.25, 0.3) is 0 Å². The number of hydrogen-bond donors (Lipinski definition) is 1. The third-order valence-corrected chi connectivity index (χ3v) is 7.40. The fourth-order valence-corrected chi connectivity index (χ4v) is 5.21. The van der Waals surface area contributed by atoms with Crippen molar-refractivity contribution < 1.29 is 14.3 Å². The van der Waals surface area contributed by atoms with E-state index in [2.05, 4.69) is 33.2 Å². The van der Waals surface area contributed by atoms with E-state index in [-0.39, 0.29) is 11.7 Å². The molecular weight excluding hydrogens is 504 g/mol. The number of anilines is 1. The first-order chi connectivity index (χ1) is 16.0. The number of carbonyl (C=O) groups excluding carboxylic acids is 1. The number of piperidine rings is 1. The van der Waals surface area contributed by atoms with Crippen LogP contribution in [0.2, 0.25) is 0 Å². The standard InChI is InChI=1S/C24H25BrN4O3S/c1-29-10-8-24(9-11-29)27-22(16-2-4-17(25)5-3-16)23(28-24)33-15-21(30)26-18-6-7-19-20(14-18)32-13-12-31-19/h2-7,14H,8-13,15H2,1H3,(H,26,30). The molecule has 0 unspecified atom stereocenters. The van der Waals surface area contributed by atoms with Gasteiger partial charge in [0.1, 0.15) is 18.3 Å². The summed E-state index contributed by atoms with van der Waals surface area (Å²) in [6.07, 6.45) is 1.77. The lowest BCUT2D eigenvalue weighted by Gasteiger charge is -2.33. The molecule has 1 N–H and O–H groups in total. The van der Waals surface area contributed by atoms with Gasteiger partial charge in [-0.25, -0.2) is 4.99 Å². The minimum absolute atomic E-state index is 0.0983. The Hall–Kier alpha value is -2.36. The molecule has 7 nitrogen and oxygen atoms in total. The van der Waals surface area contributed by atoms with Crippen molar-refractivity contribution in [1.82, 2.24) is 4.90 Å². The topological polar surface area (TPSA) is 75.5 Å². The second-order valence-electron chi connectivity index (χ2n) is 8.37. The number of nitrogens with zero attached hydrogens (tertiary/aromatic N) is 3. The normalized spacial score (nSPS) is 19.2. The van der Waals surface area contributed by atoms with Gasteiger partial charge in [-0.2, -0.15) is 0 Å². The summed E-state index contributed by atoms with van der Waals surface area (Å²) in [6, 6.07) is 13.5. The maximum absolute atomic E-state index is 12.7. The van der Waals surface area contributed by atoms with Gasteiger partial charge in [-0.05, 0) is 31.3 Å². The monoisotopic (exact) mass is 528 g/mol. The number of nitrogens with one attached hydrogen (secondary N) is 1. The molecule has 3 heterocycles. The van der Waals surface area contributed by atoms with Gasteiger partial charge >= 0.3 is 0 Å². The maximum atomic E-state index is 12.7. The van der Waals surface area contributed by atoms with Crippen LogP contribution in [-0.4, -0.2) is 66.3 Å². The number of benzene rings is 2. The Labute approximate surface area is 205 Å². The van der Waals surface area contributed by atoms with E-state index < -0.39 is 5.66 Å². The summed E-state index contributed by atoms with van der Waals surface area (Å²) in [7, 11) is 2.13. The summed E-state index contributed by atoms with van der Waals surface area (Å²) in [6.45, 7) is 2.97. The molecule has 3 aliphatic heterocycles. The van der Waals surface area contributed by atoms with Gasteiger partial charge in [0.05, 0.1) is 11.5 Å². The molecule has 33 heavy (non-hydrogen) atoms. The zero-order valence-corrected chi connectivity index (χ0v) is 20.7. The first-order valence-corrected chi connectivity index (χ1v) is 12.7. The van der Waals surface area contributed by atoms with E-state index in [1.54, 1.807) is 6.07 Å². The fraction of sp³-hybridized carbons (Fsp3) is 0.375. The van der Waals surface area contributed by atoms with Crippen LogP contribution in [-0.2, 0) is 4.79 Å². The molecule has 0 aromatic heterocycles. The number of halogens is 1. The Bertz CT molecular complexity index is 1110. The summed E-state index contributed by atoms with van der Waals surface area (Å²) in [5, 5.41) is 3.78.